The molecule has 1 heterocycles. The molecular formula is C28H26ClF4NO5S2. The molecule has 0 radical (unpaired) electrons. The summed E-state index contributed by atoms with van der Waals surface area (Å²) >= 11 is 4.73. The minimum Gasteiger partial charge on any atom is -0.486 e. The molecule has 0 fully saturated rings. The topological polar surface area (TPSA) is 72.9 Å². The van der Waals surface area contributed by atoms with E-state index in [-0.39, 0.29) is 35.2 Å². The van der Waals surface area contributed by atoms with E-state index in [0.717, 1.165) is 22.5 Å². The van der Waals surface area contributed by atoms with Gasteiger partial charge in [-0.05, 0) is 73.4 Å². The first-order valence-corrected chi connectivity index (χ1v) is 15.7. The van der Waals surface area contributed by atoms with Gasteiger partial charge in [0, 0.05) is 11.8 Å². The van der Waals surface area contributed by atoms with Crippen molar-refractivity contribution in [3.63, 3.8) is 0 Å². The number of alkyl halides is 3. The molecule has 0 bridgehead atoms. The minimum atomic E-state index is -4.74. The summed E-state index contributed by atoms with van der Waals surface area (Å²) in [6.45, 7) is 1.61. The quantitative estimate of drug-likeness (QED) is 0.143. The van der Waals surface area contributed by atoms with Crippen molar-refractivity contribution in [1.82, 2.24) is 0 Å². The molecular weight excluding hydrogens is 606 g/mol. The molecule has 41 heavy (non-hydrogen) atoms. The smallest absolute Gasteiger partial charge is 0.416 e. The van der Waals surface area contributed by atoms with Gasteiger partial charge in [0.2, 0.25) is 0 Å². The third-order valence-electron chi connectivity index (χ3n) is 6.32. The highest BCUT2D eigenvalue weighted by Gasteiger charge is 2.37. The predicted molar refractivity (Wildman–Crippen MR) is 151 cm³/mol. The summed E-state index contributed by atoms with van der Waals surface area (Å²) in [5, 5.41) is 0.201. The van der Waals surface area contributed by atoms with Gasteiger partial charge in [-0.1, -0.05) is 35.9 Å². The van der Waals surface area contributed by atoms with Crippen molar-refractivity contribution in [1.29, 1.82) is 0 Å². The van der Waals surface area contributed by atoms with Crippen LogP contribution in [0.15, 0.2) is 65.6 Å². The molecule has 220 valence electrons. The molecule has 1 aliphatic heterocycles. The standard InChI is InChI=1S/C28H26ClF4NO5S2/c1-18(27-23(29)9-4-10-24(27)30)14-19-11-12-26-25(15-19)34(17-21(39-26)7-5-13-38-40(2)35)41(36,37)22-8-3-6-20(16-22)28(31,32)33/h3-4,6,8-12,14-16,21H,5,7,13,17H2,1-2H3/b18-14+/t21-,40?/m0/s1. The lowest BCUT2D eigenvalue weighted by atomic mass is 10.0. The molecule has 3 aromatic carbocycles. The maximum atomic E-state index is 14.5. The van der Waals surface area contributed by atoms with Crippen LogP contribution in [0.25, 0.3) is 11.6 Å². The van der Waals surface area contributed by atoms with Crippen molar-refractivity contribution < 1.29 is 39.1 Å². The van der Waals surface area contributed by atoms with Gasteiger partial charge in [0.1, 0.15) is 17.7 Å². The van der Waals surface area contributed by atoms with Crippen molar-refractivity contribution in [2.45, 2.75) is 36.9 Å². The Morgan fingerprint density at radius 2 is 1.90 bits per heavy atom. The van der Waals surface area contributed by atoms with E-state index in [1.807, 2.05) is 0 Å². The first kappa shape index (κ1) is 31.0. The van der Waals surface area contributed by atoms with Crippen LogP contribution in [0.5, 0.6) is 5.75 Å². The SMILES string of the molecule is C/C(=C\c1ccc2c(c1)N(S(=O)(=O)c1cccc(C(F)(F)F)c1)C[C@H](CCCOS(C)=O)O2)c1c(F)cccc1Cl. The maximum Gasteiger partial charge on any atom is 0.416 e. The fourth-order valence-corrected chi connectivity index (χ4v) is 6.65. The molecule has 0 saturated heterocycles. The van der Waals surface area contributed by atoms with Gasteiger partial charge in [0.15, 0.2) is 11.1 Å². The van der Waals surface area contributed by atoms with Gasteiger partial charge in [0.05, 0.1) is 34.3 Å². The van der Waals surface area contributed by atoms with Crippen LogP contribution in [0.2, 0.25) is 5.02 Å². The van der Waals surface area contributed by atoms with Crippen LogP contribution in [0.4, 0.5) is 23.2 Å². The summed E-state index contributed by atoms with van der Waals surface area (Å²) in [5.74, 6) is -0.324. The fourth-order valence-electron chi connectivity index (χ4n) is 4.44. The Balaban J connectivity index is 1.75. The molecule has 1 aliphatic rings. The van der Waals surface area contributed by atoms with E-state index in [4.69, 9.17) is 20.5 Å². The van der Waals surface area contributed by atoms with Crippen LogP contribution in [0, 0.1) is 5.82 Å². The van der Waals surface area contributed by atoms with Crippen molar-refractivity contribution in [3.05, 3.63) is 88.2 Å². The molecule has 0 aromatic heterocycles. The highest BCUT2D eigenvalue weighted by molar-refractivity contribution is 7.92. The number of anilines is 1. The number of nitrogens with zero attached hydrogens (tertiary/aromatic N) is 1. The Bertz CT molecular complexity index is 1570. The number of hydrogen-bond acceptors (Lipinski definition) is 5. The van der Waals surface area contributed by atoms with Gasteiger partial charge >= 0.3 is 6.18 Å². The molecule has 1 unspecified atom stereocenters. The van der Waals surface area contributed by atoms with E-state index in [9.17, 15) is 30.2 Å². The second kappa shape index (κ2) is 12.5. The van der Waals surface area contributed by atoms with E-state index in [2.05, 4.69) is 0 Å². The van der Waals surface area contributed by atoms with E-state index >= 15 is 0 Å². The first-order valence-electron chi connectivity index (χ1n) is 12.4. The Kier molecular flexibility index (Phi) is 9.47. The Morgan fingerprint density at radius 1 is 1.17 bits per heavy atom. The van der Waals surface area contributed by atoms with Gasteiger partial charge in [-0.2, -0.15) is 13.2 Å². The molecule has 0 N–H and O–H groups in total. The average molecular weight is 632 g/mol. The summed E-state index contributed by atoms with van der Waals surface area (Å²) in [6.07, 6.45) is -1.66. The van der Waals surface area contributed by atoms with Crippen LogP contribution in [-0.2, 0) is 31.5 Å². The summed E-state index contributed by atoms with van der Waals surface area (Å²) in [6, 6.07) is 12.5. The van der Waals surface area contributed by atoms with Gasteiger partial charge in [-0.3, -0.25) is 8.49 Å². The number of sulfonamides is 1. The Hall–Kier alpha value is -2.93. The zero-order valence-electron chi connectivity index (χ0n) is 22.0. The third-order valence-corrected chi connectivity index (χ3v) is 8.91. The Morgan fingerprint density at radius 3 is 2.59 bits per heavy atom. The minimum absolute atomic E-state index is 0.116. The van der Waals surface area contributed by atoms with Crippen LogP contribution in [-0.4, -0.2) is 38.1 Å². The first-order chi connectivity index (χ1) is 19.3. The lowest BCUT2D eigenvalue weighted by Crippen LogP contribution is -2.43. The zero-order chi connectivity index (χ0) is 29.9. The summed E-state index contributed by atoms with van der Waals surface area (Å²) in [4.78, 5) is -0.529. The molecule has 3 aromatic rings. The van der Waals surface area contributed by atoms with Crippen LogP contribution in [0.3, 0.4) is 0 Å². The molecule has 0 saturated carbocycles. The summed E-state index contributed by atoms with van der Waals surface area (Å²) in [5.41, 5.74) is 0.175. The van der Waals surface area contributed by atoms with Crippen molar-refractivity contribution in [3.8, 4) is 5.75 Å². The van der Waals surface area contributed by atoms with Gasteiger partial charge in [-0.15, -0.1) is 0 Å². The second-order valence-corrected chi connectivity index (χ2v) is 12.6. The zero-order valence-corrected chi connectivity index (χ0v) is 24.3. The normalized spacial score (nSPS) is 16.7. The van der Waals surface area contributed by atoms with Crippen molar-refractivity contribution in [2.75, 3.05) is 23.7 Å². The van der Waals surface area contributed by atoms with E-state index in [0.29, 0.717) is 30.0 Å². The maximum absolute atomic E-state index is 14.5. The fraction of sp³-hybridized carbons (Fsp3) is 0.286. The predicted octanol–water partition coefficient (Wildman–Crippen LogP) is 7.11. The highest BCUT2D eigenvalue weighted by Crippen LogP contribution is 2.40. The number of ether oxygens (including phenoxy) is 1. The molecule has 13 heteroatoms. The van der Waals surface area contributed by atoms with Gasteiger partial charge < -0.3 is 4.74 Å². The number of hydrogen-bond donors (Lipinski definition) is 0. The summed E-state index contributed by atoms with van der Waals surface area (Å²) < 4.78 is 106. The van der Waals surface area contributed by atoms with Crippen LogP contribution < -0.4 is 9.04 Å². The second-order valence-electron chi connectivity index (χ2n) is 9.32. The largest absolute Gasteiger partial charge is 0.486 e. The molecule has 0 aliphatic carbocycles. The number of allylic oxidation sites excluding steroid dienone is 1. The summed E-state index contributed by atoms with van der Waals surface area (Å²) in [7, 11) is -4.47. The van der Waals surface area contributed by atoms with Crippen LogP contribution in [0.1, 0.15) is 36.5 Å². The van der Waals surface area contributed by atoms with Crippen LogP contribution >= 0.6 is 11.6 Å². The number of rotatable bonds is 9. The van der Waals surface area contributed by atoms with Gasteiger partial charge in [-0.25, -0.2) is 17.0 Å². The number of fused-ring (bicyclic) bond motifs is 1. The monoisotopic (exact) mass is 631 g/mol. The lowest BCUT2D eigenvalue weighted by molar-refractivity contribution is -0.137. The lowest BCUT2D eigenvalue weighted by Gasteiger charge is -2.36. The van der Waals surface area contributed by atoms with Crippen molar-refractivity contribution in [2.24, 2.45) is 0 Å². The van der Waals surface area contributed by atoms with E-state index < -0.39 is 49.7 Å². The molecule has 0 amide bonds. The van der Waals surface area contributed by atoms with Gasteiger partial charge in [0.25, 0.3) is 10.0 Å². The number of halogens is 5. The molecule has 6 nitrogen and oxygen atoms in total. The number of benzene rings is 3. The molecule has 4 rings (SSSR count). The highest BCUT2D eigenvalue weighted by atomic mass is 35.5. The molecule has 2 atom stereocenters. The van der Waals surface area contributed by atoms with E-state index in [1.54, 1.807) is 31.2 Å². The Labute approximate surface area is 243 Å². The average Bonchev–Trinajstić information content (AvgIpc) is 2.90. The van der Waals surface area contributed by atoms with Crippen molar-refractivity contribution >= 4 is 50.0 Å². The molecule has 0 spiro atoms. The van der Waals surface area contributed by atoms with E-state index in [1.165, 1.54) is 24.5 Å². The third kappa shape index (κ3) is 7.29.